The number of carbonyl (C=O) groups excluding carboxylic acids is 2. The predicted octanol–water partition coefficient (Wildman–Crippen LogP) is 3.06. The molecule has 0 aliphatic heterocycles. The van der Waals surface area contributed by atoms with Crippen LogP contribution in [0.5, 0.6) is 0 Å². The number of nitrogens with zero attached hydrogens (tertiary/aromatic N) is 1. The maximum Gasteiger partial charge on any atom is 0.246 e. The van der Waals surface area contributed by atoms with E-state index < -0.39 is 0 Å². The highest BCUT2D eigenvalue weighted by Gasteiger charge is 2.04. The van der Waals surface area contributed by atoms with Gasteiger partial charge in [-0.1, -0.05) is 24.3 Å². The Morgan fingerprint density at radius 3 is 2.55 bits per heavy atom. The molecule has 3 nitrogen and oxygen atoms in total. The zero-order chi connectivity index (χ0) is 14.7. The highest BCUT2D eigenvalue weighted by Crippen LogP contribution is 2.22. The van der Waals surface area contributed by atoms with Gasteiger partial charge in [-0.15, -0.1) is 0 Å². The first-order valence-corrected chi connectivity index (χ1v) is 6.41. The number of amides is 1. The lowest BCUT2D eigenvalue weighted by atomic mass is 9.99. The number of hydrogen-bond donors (Lipinski definition) is 0. The van der Waals surface area contributed by atoms with Crippen LogP contribution in [0.3, 0.4) is 0 Å². The Morgan fingerprint density at radius 1 is 1.15 bits per heavy atom. The highest BCUT2D eigenvalue weighted by molar-refractivity contribution is 6.00. The Kier molecular flexibility index (Phi) is 3.99. The van der Waals surface area contributed by atoms with Gasteiger partial charge < -0.3 is 4.90 Å². The van der Waals surface area contributed by atoms with Gasteiger partial charge in [0.05, 0.1) is 0 Å². The first kappa shape index (κ1) is 14.0. The number of rotatable bonds is 3. The van der Waals surface area contributed by atoms with Crippen molar-refractivity contribution < 1.29 is 9.59 Å². The third kappa shape index (κ3) is 2.77. The molecular weight excluding hydrogens is 250 g/mol. The fourth-order valence-corrected chi connectivity index (χ4v) is 2.06. The Balaban J connectivity index is 2.43. The van der Waals surface area contributed by atoms with Crippen molar-refractivity contribution in [3.63, 3.8) is 0 Å². The summed E-state index contributed by atoms with van der Waals surface area (Å²) in [5.74, 6) is -0.0532. The number of aldehydes is 1. The van der Waals surface area contributed by atoms with Crippen molar-refractivity contribution in [1.29, 1.82) is 0 Å². The fraction of sp³-hybridized carbons (Fsp3) is 0.176. The van der Waals surface area contributed by atoms with Gasteiger partial charge in [0.25, 0.3) is 0 Å². The molecule has 2 rings (SSSR count). The van der Waals surface area contributed by atoms with E-state index in [1.807, 2.05) is 37.3 Å². The van der Waals surface area contributed by atoms with Crippen molar-refractivity contribution in [2.75, 3.05) is 14.1 Å². The van der Waals surface area contributed by atoms with Gasteiger partial charge in [-0.05, 0) is 41.0 Å². The van der Waals surface area contributed by atoms with Gasteiger partial charge in [-0.25, -0.2) is 0 Å². The number of fused-ring (bicyclic) bond motifs is 1. The Bertz CT molecular complexity index is 699. The van der Waals surface area contributed by atoms with E-state index in [-0.39, 0.29) is 5.91 Å². The second kappa shape index (κ2) is 5.70. The third-order valence-electron chi connectivity index (χ3n) is 3.28. The van der Waals surface area contributed by atoms with Crippen LogP contribution >= 0.6 is 0 Å². The minimum absolute atomic E-state index is 0.0532. The van der Waals surface area contributed by atoms with Crippen LogP contribution < -0.4 is 0 Å². The van der Waals surface area contributed by atoms with Crippen LogP contribution in [-0.2, 0) is 4.79 Å². The summed E-state index contributed by atoms with van der Waals surface area (Å²) < 4.78 is 0. The maximum atomic E-state index is 11.5. The molecule has 0 aliphatic carbocycles. The maximum absolute atomic E-state index is 11.5. The molecule has 0 radical (unpaired) electrons. The Labute approximate surface area is 118 Å². The average molecular weight is 267 g/mol. The Morgan fingerprint density at radius 2 is 1.90 bits per heavy atom. The largest absolute Gasteiger partial charge is 0.345 e. The van der Waals surface area contributed by atoms with Gasteiger partial charge in [0.2, 0.25) is 5.91 Å². The number of carbonyl (C=O) groups is 2. The van der Waals surface area contributed by atoms with Gasteiger partial charge in [0.1, 0.15) is 0 Å². The SMILES string of the molecule is Cc1ccc2cc(/C=C/C(=O)N(C)C)ccc2c1C=O. The zero-order valence-electron chi connectivity index (χ0n) is 11.9. The third-order valence-corrected chi connectivity index (χ3v) is 3.28. The van der Waals surface area contributed by atoms with E-state index in [1.54, 1.807) is 20.2 Å². The lowest BCUT2D eigenvalue weighted by Crippen LogP contribution is -2.18. The molecule has 0 saturated carbocycles. The summed E-state index contributed by atoms with van der Waals surface area (Å²) in [4.78, 5) is 24.2. The molecule has 1 amide bonds. The smallest absolute Gasteiger partial charge is 0.246 e. The van der Waals surface area contributed by atoms with Crippen LogP contribution in [0.15, 0.2) is 36.4 Å². The van der Waals surface area contributed by atoms with Gasteiger partial charge in [-0.3, -0.25) is 9.59 Å². The van der Waals surface area contributed by atoms with E-state index >= 15 is 0 Å². The molecule has 0 aliphatic rings. The summed E-state index contributed by atoms with van der Waals surface area (Å²) in [7, 11) is 3.43. The normalized spacial score (nSPS) is 10.9. The van der Waals surface area contributed by atoms with E-state index in [2.05, 4.69) is 0 Å². The van der Waals surface area contributed by atoms with E-state index in [0.717, 1.165) is 33.7 Å². The lowest BCUT2D eigenvalue weighted by Gasteiger charge is -2.07. The summed E-state index contributed by atoms with van der Waals surface area (Å²) in [6.07, 6.45) is 4.21. The molecule has 0 unspecified atom stereocenters. The van der Waals surface area contributed by atoms with Gasteiger partial charge in [0.15, 0.2) is 6.29 Å². The minimum atomic E-state index is -0.0532. The predicted molar refractivity (Wildman–Crippen MR) is 81.8 cm³/mol. The van der Waals surface area contributed by atoms with Gasteiger partial charge in [0, 0.05) is 25.7 Å². The molecule has 0 fully saturated rings. The second-order valence-corrected chi connectivity index (χ2v) is 4.96. The van der Waals surface area contributed by atoms with Crippen LogP contribution in [0.25, 0.3) is 16.8 Å². The molecule has 0 saturated heterocycles. The first-order valence-electron chi connectivity index (χ1n) is 6.41. The van der Waals surface area contributed by atoms with Crippen LogP contribution in [-0.4, -0.2) is 31.2 Å². The van der Waals surface area contributed by atoms with Crippen molar-refractivity contribution in [1.82, 2.24) is 4.90 Å². The number of aryl methyl sites for hydroxylation is 1. The van der Waals surface area contributed by atoms with Crippen molar-refractivity contribution >= 4 is 29.0 Å². The molecule has 0 atom stereocenters. The van der Waals surface area contributed by atoms with Crippen LogP contribution in [0.4, 0.5) is 0 Å². The van der Waals surface area contributed by atoms with Crippen molar-refractivity contribution in [3.8, 4) is 0 Å². The number of benzene rings is 2. The van der Waals surface area contributed by atoms with E-state index in [0.29, 0.717) is 0 Å². The summed E-state index contributed by atoms with van der Waals surface area (Å²) >= 11 is 0. The molecule has 0 aromatic heterocycles. The van der Waals surface area contributed by atoms with Crippen molar-refractivity contribution in [3.05, 3.63) is 53.1 Å². The molecule has 20 heavy (non-hydrogen) atoms. The van der Waals surface area contributed by atoms with Crippen molar-refractivity contribution in [2.24, 2.45) is 0 Å². The quantitative estimate of drug-likeness (QED) is 0.633. The van der Waals surface area contributed by atoms with Gasteiger partial charge in [-0.2, -0.15) is 0 Å². The molecule has 0 bridgehead atoms. The average Bonchev–Trinajstić information content (AvgIpc) is 2.44. The van der Waals surface area contributed by atoms with Crippen LogP contribution in [0, 0.1) is 6.92 Å². The molecule has 0 N–H and O–H groups in total. The Hall–Kier alpha value is -2.42. The van der Waals surface area contributed by atoms with Gasteiger partial charge >= 0.3 is 0 Å². The molecule has 0 spiro atoms. The molecule has 2 aromatic rings. The summed E-state index contributed by atoms with van der Waals surface area (Å²) in [6.45, 7) is 1.92. The van der Waals surface area contributed by atoms with Crippen LogP contribution in [0.1, 0.15) is 21.5 Å². The van der Waals surface area contributed by atoms with Crippen molar-refractivity contribution in [2.45, 2.75) is 6.92 Å². The standard InChI is InChI=1S/C17H17NO2/c1-12-4-7-14-10-13(6-9-17(20)18(2)3)5-8-15(14)16(12)11-19/h4-11H,1-3H3/b9-6+. The summed E-state index contributed by atoms with van der Waals surface area (Å²) in [6, 6.07) is 9.73. The fourth-order valence-electron chi connectivity index (χ4n) is 2.06. The highest BCUT2D eigenvalue weighted by atomic mass is 16.2. The summed E-state index contributed by atoms with van der Waals surface area (Å²) in [5.41, 5.74) is 2.63. The molecule has 0 heterocycles. The second-order valence-electron chi connectivity index (χ2n) is 4.96. The topological polar surface area (TPSA) is 37.4 Å². The molecule has 102 valence electrons. The monoisotopic (exact) mass is 267 g/mol. The molecule has 2 aromatic carbocycles. The van der Waals surface area contributed by atoms with E-state index in [1.165, 1.54) is 11.0 Å². The van der Waals surface area contributed by atoms with Crippen LogP contribution in [0.2, 0.25) is 0 Å². The number of hydrogen-bond acceptors (Lipinski definition) is 2. The van der Waals surface area contributed by atoms with E-state index in [4.69, 9.17) is 0 Å². The molecular formula is C17H17NO2. The van der Waals surface area contributed by atoms with E-state index in [9.17, 15) is 9.59 Å². The molecule has 3 heteroatoms. The zero-order valence-corrected chi connectivity index (χ0v) is 11.9. The minimum Gasteiger partial charge on any atom is -0.345 e. The first-order chi connectivity index (χ1) is 9.52. The lowest BCUT2D eigenvalue weighted by molar-refractivity contribution is -0.123. The summed E-state index contributed by atoms with van der Waals surface area (Å²) in [5, 5.41) is 1.94. The number of likely N-dealkylation sites (N-methyl/N-ethyl adjacent to an activating group) is 1.